The van der Waals surface area contributed by atoms with Crippen molar-refractivity contribution in [3.8, 4) is 16.3 Å². The normalized spacial score (nSPS) is 11.8. The van der Waals surface area contributed by atoms with Crippen molar-refractivity contribution >= 4 is 54.0 Å². The van der Waals surface area contributed by atoms with E-state index in [4.69, 9.17) is 0 Å². The van der Waals surface area contributed by atoms with Crippen molar-refractivity contribution in [2.24, 2.45) is 7.05 Å². The molecule has 0 aliphatic rings. The Hall–Kier alpha value is -3.95. The molecule has 34 heavy (non-hydrogen) atoms. The number of pyridine rings is 1. The molecule has 3 heterocycles. The number of benzene rings is 4. The first kappa shape index (κ1) is 19.5. The minimum absolute atomic E-state index is 1.19. The fourth-order valence-electron chi connectivity index (χ4n) is 5.38. The van der Waals surface area contributed by atoms with E-state index >= 15 is 0 Å². The molecular weight excluding hydrogens is 432 g/mol. The molecule has 0 unspecified atom stereocenters. The monoisotopic (exact) mass is 455 g/mol. The van der Waals surface area contributed by atoms with Crippen molar-refractivity contribution in [1.82, 2.24) is 4.57 Å². The van der Waals surface area contributed by atoms with Gasteiger partial charge in [0.25, 0.3) is 0 Å². The maximum absolute atomic E-state index is 2.39. The van der Waals surface area contributed by atoms with Crippen molar-refractivity contribution in [3.63, 3.8) is 0 Å². The summed E-state index contributed by atoms with van der Waals surface area (Å²) >= 11 is 1.89. The largest absolute Gasteiger partial charge is 0.309 e. The molecule has 2 nitrogen and oxygen atoms in total. The lowest BCUT2D eigenvalue weighted by Crippen LogP contribution is -2.30. The van der Waals surface area contributed by atoms with Crippen LogP contribution in [0.25, 0.3) is 58.9 Å². The van der Waals surface area contributed by atoms with Gasteiger partial charge in [0, 0.05) is 27.2 Å². The molecule has 4 aromatic carbocycles. The molecule has 0 bridgehead atoms. The fourth-order valence-corrected chi connectivity index (χ4v) is 6.69. The lowest BCUT2D eigenvalue weighted by Gasteiger charge is -2.10. The van der Waals surface area contributed by atoms with E-state index in [0.717, 1.165) is 0 Å². The van der Waals surface area contributed by atoms with Gasteiger partial charge in [-0.1, -0.05) is 54.6 Å². The zero-order chi connectivity index (χ0) is 22.8. The van der Waals surface area contributed by atoms with Crippen molar-refractivity contribution in [1.29, 1.82) is 0 Å². The second-order valence-corrected chi connectivity index (χ2v) is 10.0. The molecule has 3 aromatic heterocycles. The fraction of sp³-hybridized carbons (Fsp3) is 0.0645. The summed E-state index contributed by atoms with van der Waals surface area (Å²) in [7, 11) is 2.15. The number of rotatable bonds is 2. The molecule has 3 heteroatoms. The van der Waals surface area contributed by atoms with E-state index in [1.54, 1.807) is 0 Å². The highest BCUT2D eigenvalue weighted by Crippen LogP contribution is 2.40. The molecule has 0 N–H and O–H groups in total. The highest BCUT2D eigenvalue weighted by atomic mass is 32.1. The van der Waals surface area contributed by atoms with E-state index in [1.807, 2.05) is 11.3 Å². The van der Waals surface area contributed by atoms with Crippen LogP contribution in [0.1, 0.15) is 5.56 Å². The number of thiophene rings is 1. The van der Waals surface area contributed by atoms with E-state index in [1.165, 1.54) is 64.5 Å². The van der Waals surface area contributed by atoms with Crippen molar-refractivity contribution in [2.45, 2.75) is 6.92 Å². The van der Waals surface area contributed by atoms with Gasteiger partial charge >= 0.3 is 0 Å². The van der Waals surface area contributed by atoms with E-state index in [0.29, 0.717) is 0 Å². The molecule has 0 aliphatic heterocycles. The molecule has 0 aliphatic carbocycles. The van der Waals surface area contributed by atoms with Crippen LogP contribution in [-0.2, 0) is 7.05 Å². The zero-order valence-electron chi connectivity index (χ0n) is 19.1. The Labute approximate surface area is 201 Å². The third-order valence-corrected chi connectivity index (χ3v) is 8.30. The predicted molar refractivity (Wildman–Crippen MR) is 145 cm³/mol. The Kier molecular flexibility index (Phi) is 4.18. The second kappa shape index (κ2) is 7.28. The van der Waals surface area contributed by atoms with Gasteiger partial charge in [0.1, 0.15) is 11.9 Å². The molecule has 0 fully saturated rings. The van der Waals surface area contributed by atoms with Gasteiger partial charge in [-0.25, -0.2) is 0 Å². The van der Waals surface area contributed by atoms with E-state index < -0.39 is 0 Å². The Morgan fingerprint density at radius 2 is 1.32 bits per heavy atom. The third-order valence-electron chi connectivity index (χ3n) is 7.02. The zero-order valence-corrected chi connectivity index (χ0v) is 19.9. The minimum atomic E-state index is 1.19. The van der Waals surface area contributed by atoms with E-state index in [2.05, 4.69) is 126 Å². The number of nitrogens with zero attached hydrogens (tertiary/aromatic N) is 2. The third kappa shape index (κ3) is 2.71. The smallest absolute Gasteiger partial charge is 0.230 e. The summed E-state index contributed by atoms with van der Waals surface area (Å²) in [5.41, 5.74) is 6.31. The Balaban J connectivity index is 1.50. The Bertz CT molecular complexity index is 1830. The quantitative estimate of drug-likeness (QED) is 0.234. The summed E-state index contributed by atoms with van der Waals surface area (Å²) in [6.45, 7) is 2.25. The molecule has 0 amide bonds. The van der Waals surface area contributed by atoms with E-state index in [9.17, 15) is 0 Å². The summed E-state index contributed by atoms with van der Waals surface area (Å²) in [4.78, 5) is 1.35. The van der Waals surface area contributed by atoms with Gasteiger partial charge in [-0.3, -0.25) is 0 Å². The van der Waals surface area contributed by atoms with E-state index in [-0.39, 0.29) is 0 Å². The molecule has 0 saturated heterocycles. The molecule has 162 valence electrons. The number of fused-ring (bicyclic) bond motifs is 5. The summed E-state index contributed by atoms with van der Waals surface area (Å²) in [5.74, 6) is 0. The maximum atomic E-state index is 2.39. The van der Waals surface area contributed by atoms with Gasteiger partial charge in [-0.2, -0.15) is 4.57 Å². The first-order valence-electron chi connectivity index (χ1n) is 11.6. The summed E-state index contributed by atoms with van der Waals surface area (Å²) in [6.07, 6.45) is 2.19. The number of hydrogen-bond acceptors (Lipinski definition) is 1. The predicted octanol–water partition coefficient (Wildman–Crippen LogP) is 7.95. The summed E-state index contributed by atoms with van der Waals surface area (Å²) in [5, 5.41) is 6.47. The SMILES string of the molecule is Cc1c(-c2c3ccc(-n4c5ccccc5c5ccccc54)cc3cc[n+]2C)sc2ccccc12. The van der Waals surface area contributed by atoms with Crippen LogP contribution in [0.3, 0.4) is 0 Å². The Morgan fingerprint density at radius 1 is 0.676 bits per heavy atom. The first-order valence-corrected chi connectivity index (χ1v) is 12.4. The topological polar surface area (TPSA) is 8.81 Å². The molecule has 0 radical (unpaired) electrons. The number of aromatic nitrogens is 2. The standard InChI is InChI=1S/C31H23N2S/c1-20-23-9-5-8-14-29(23)34-31(20)30-24-16-15-22(19-21(24)17-18-32(30)2)33-27-12-6-3-10-25(27)26-11-4-7-13-28(26)33/h3-19H,1-2H3/q+1. The average molecular weight is 456 g/mol. The van der Waals surface area contributed by atoms with Gasteiger partial charge in [0.2, 0.25) is 5.69 Å². The Morgan fingerprint density at radius 3 is 2.03 bits per heavy atom. The maximum Gasteiger partial charge on any atom is 0.230 e. The van der Waals surface area contributed by atoms with Crippen LogP contribution in [0.2, 0.25) is 0 Å². The van der Waals surface area contributed by atoms with Gasteiger partial charge in [-0.05, 0) is 59.7 Å². The van der Waals surface area contributed by atoms with Crippen LogP contribution in [0.15, 0.2) is 103 Å². The van der Waals surface area contributed by atoms with Gasteiger partial charge in [0.15, 0.2) is 6.20 Å². The number of aryl methyl sites for hydroxylation is 2. The summed E-state index contributed by atoms with van der Waals surface area (Å²) < 4.78 is 6.00. The first-order chi connectivity index (χ1) is 16.7. The van der Waals surface area contributed by atoms with Crippen LogP contribution in [-0.4, -0.2) is 4.57 Å². The van der Waals surface area contributed by atoms with Gasteiger partial charge in [-0.15, -0.1) is 11.3 Å². The van der Waals surface area contributed by atoms with Crippen LogP contribution >= 0.6 is 11.3 Å². The molecule has 0 saturated carbocycles. The van der Waals surface area contributed by atoms with Crippen molar-refractivity contribution in [3.05, 3.63) is 109 Å². The highest BCUT2D eigenvalue weighted by Gasteiger charge is 2.21. The van der Waals surface area contributed by atoms with Crippen LogP contribution in [0, 0.1) is 6.92 Å². The van der Waals surface area contributed by atoms with Crippen LogP contribution < -0.4 is 4.57 Å². The highest BCUT2D eigenvalue weighted by molar-refractivity contribution is 7.22. The lowest BCUT2D eigenvalue weighted by molar-refractivity contribution is -0.659. The van der Waals surface area contributed by atoms with Crippen LogP contribution in [0.4, 0.5) is 0 Å². The summed E-state index contributed by atoms with van der Waals surface area (Å²) in [6, 6.07) is 35.2. The minimum Gasteiger partial charge on any atom is -0.309 e. The van der Waals surface area contributed by atoms with Gasteiger partial charge in [0.05, 0.1) is 16.4 Å². The molecule has 7 rings (SSSR count). The molecular formula is C31H23N2S+. The number of hydrogen-bond donors (Lipinski definition) is 0. The average Bonchev–Trinajstić information content (AvgIpc) is 3.39. The lowest BCUT2D eigenvalue weighted by atomic mass is 10.0. The second-order valence-electron chi connectivity index (χ2n) is 8.97. The van der Waals surface area contributed by atoms with Crippen molar-refractivity contribution < 1.29 is 4.57 Å². The molecule has 7 aromatic rings. The van der Waals surface area contributed by atoms with Crippen LogP contribution in [0.5, 0.6) is 0 Å². The van der Waals surface area contributed by atoms with Crippen molar-refractivity contribution in [2.75, 3.05) is 0 Å². The van der Waals surface area contributed by atoms with Gasteiger partial charge < -0.3 is 4.57 Å². The number of para-hydroxylation sites is 2. The molecule has 0 atom stereocenters. The molecule has 0 spiro atoms.